The molecule has 0 aromatic rings. The van der Waals surface area contributed by atoms with Crippen LogP contribution in [0.4, 0.5) is 0 Å². The molecule has 2 saturated carbocycles. The Morgan fingerprint density at radius 1 is 1.35 bits per heavy atom. The van der Waals surface area contributed by atoms with E-state index in [2.05, 4.69) is 32.2 Å². The van der Waals surface area contributed by atoms with Crippen LogP contribution < -0.4 is 5.32 Å². The maximum absolute atomic E-state index is 12.4. The van der Waals surface area contributed by atoms with E-state index in [1.54, 1.807) is 0 Å². The van der Waals surface area contributed by atoms with Gasteiger partial charge in [-0.25, -0.2) is 0 Å². The van der Waals surface area contributed by atoms with Crippen LogP contribution in [0.3, 0.4) is 0 Å². The van der Waals surface area contributed by atoms with Gasteiger partial charge in [0.2, 0.25) is 5.91 Å². The standard InChI is InChI=1S/C17H28N2O/c1-13(2)8-16(6-4-5-7-16)12-19-15(20)17(11-18)9-14(3)10-17/h13-14H,4-10,12H2,1-3H3,(H,19,20). The van der Waals surface area contributed by atoms with Crippen LogP contribution in [0.25, 0.3) is 0 Å². The van der Waals surface area contributed by atoms with Crippen molar-refractivity contribution in [2.45, 2.75) is 65.7 Å². The maximum Gasteiger partial charge on any atom is 0.240 e. The van der Waals surface area contributed by atoms with Crippen molar-refractivity contribution in [3.8, 4) is 6.07 Å². The summed E-state index contributed by atoms with van der Waals surface area (Å²) >= 11 is 0. The van der Waals surface area contributed by atoms with E-state index in [0.717, 1.165) is 19.4 Å². The van der Waals surface area contributed by atoms with E-state index in [4.69, 9.17) is 0 Å². The van der Waals surface area contributed by atoms with Crippen LogP contribution >= 0.6 is 0 Å². The van der Waals surface area contributed by atoms with E-state index in [1.165, 1.54) is 32.1 Å². The molecule has 0 heterocycles. The van der Waals surface area contributed by atoms with Gasteiger partial charge in [-0.1, -0.05) is 33.6 Å². The molecule has 0 aromatic carbocycles. The number of carbonyl (C=O) groups is 1. The van der Waals surface area contributed by atoms with Crippen molar-refractivity contribution in [3.63, 3.8) is 0 Å². The fourth-order valence-corrected chi connectivity index (χ4v) is 4.34. The summed E-state index contributed by atoms with van der Waals surface area (Å²) in [5.74, 6) is 1.16. The van der Waals surface area contributed by atoms with E-state index in [1.807, 2.05) is 0 Å². The Hall–Kier alpha value is -1.04. The van der Waals surface area contributed by atoms with Crippen LogP contribution in [0.15, 0.2) is 0 Å². The Morgan fingerprint density at radius 3 is 2.40 bits per heavy atom. The average molecular weight is 276 g/mol. The van der Waals surface area contributed by atoms with E-state index in [0.29, 0.717) is 11.8 Å². The molecule has 2 aliphatic rings. The van der Waals surface area contributed by atoms with Gasteiger partial charge in [0, 0.05) is 6.54 Å². The zero-order valence-corrected chi connectivity index (χ0v) is 13.2. The minimum Gasteiger partial charge on any atom is -0.354 e. The molecule has 2 rings (SSSR count). The highest BCUT2D eigenvalue weighted by Crippen LogP contribution is 2.46. The summed E-state index contributed by atoms with van der Waals surface area (Å²) in [6.45, 7) is 7.39. The van der Waals surface area contributed by atoms with Crippen molar-refractivity contribution >= 4 is 5.91 Å². The molecule has 112 valence electrons. The van der Waals surface area contributed by atoms with Crippen LogP contribution in [0.2, 0.25) is 0 Å². The smallest absolute Gasteiger partial charge is 0.240 e. The van der Waals surface area contributed by atoms with Crippen LogP contribution in [0.1, 0.15) is 65.7 Å². The van der Waals surface area contributed by atoms with Crippen molar-refractivity contribution in [1.29, 1.82) is 5.26 Å². The summed E-state index contributed by atoms with van der Waals surface area (Å²) in [5, 5.41) is 12.4. The molecule has 0 spiro atoms. The molecule has 3 heteroatoms. The number of nitriles is 1. The Bertz CT molecular complexity index is 396. The molecule has 3 nitrogen and oxygen atoms in total. The summed E-state index contributed by atoms with van der Waals surface area (Å²) in [6.07, 6.45) is 7.65. The van der Waals surface area contributed by atoms with Crippen LogP contribution in [-0.4, -0.2) is 12.5 Å². The lowest BCUT2D eigenvalue weighted by atomic mass is 9.63. The molecular weight excluding hydrogens is 248 g/mol. The monoisotopic (exact) mass is 276 g/mol. The quantitative estimate of drug-likeness (QED) is 0.833. The Morgan fingerprint density at radius 2 is 1.95 bits per heavy atom. The molecule has 1 N–H and O–H groups in total. The molecule has 0 radical (unpaired) electrons. The lowest BCUT2D eigenvalue weighted by Crippen LogP contribution is -2.50. The molecule has 0 aromatic heterocycles. The van der Waals surface area contributed by atoms with Crippen molar-refractivity contribution < 1.29 is 4.79 Å². The van der Waals surface area contributed by atoms with Gasteiger partial charge in [-0.05, 0) is 49.4 Å². The van der Waals surface area contributed by atoms with Gasteiger partial charge < -0.3 is 5.32 Å². The Balaban J connectivity index is 1.93. The van der Waals surface area contributed by atoms with Gasteiger partial charge in [-0.2, -0.15) is 5.26 Å². The number of carbonyl (C=O) groups excluding carboxylic acids is 1. The minimum absolute atomic E-state index is 0.0202. The van der Waals surface area contributed by atoms with Crippen molar-refractivity contribution in [1.82, 2.24) is 5.32 Å². The molecule has 0 bridgehead atoms. The fourth-order valence-electron chi connectivity index (χ4n) is 4.34. The number of amides is 1. The first kappa shape index (κ1) is 15.4. The molecule has 2 fully saturated rings. The summed E-state index contributed by atoms with van der Waals surface area (Å²) in [5.41, 5.74) is -0.438. The van der Waals surface area contributed by atoms with E-state index in [9.17, 15) is 10.1 Å². The molecule has 1 amide bonds. The average Bonchev–Trinajstić information content (AvgIpc) is 2.80. The molecule has 2 aliphatic carbocycles. The third-order valence-corrected chi connectivity index (χ3v) is 5.17. The Kier molecular flexibility index (Phi) is 4.42. The predicted molar refractivity (Wildman–Crippen MR) is 79.8 cm³/mol. The van der Waals surface area contributed by atoms with E-state index < -0.39 is 5.41 Å². The number of nitrogens with zero attached hydrogens (tertiary/aromatic N) is 1. The highest BCUT2D eigenvalue weighted by atomic mass is 16.2. The molecular formula is C17H28N2O. The normalized spacial score (nSPS) is 31.6. The zero-order chi connectivity index (χ0) is 14.8. The zero-order valence-electron chi connectivity index (χ0n) is 13.2. The second-order valence-corrected chi connectivity index (χ2v) is 7.70. The van der Waals surface area contributed by atoms with Crippen molar-refractivity contribution in [3.05, 3.63) is 0 Å². The number of rotatable bonds is 5. The lowest BCUT2D eigenvalue weighted by Gasteiger charge is -2.40. The number of nitrogens with one attached hydrogen (secondary N) is 1. The summed E-state index contributed by atoms with van der Waals surface area (Å²) in [7, 11) is 0. The van der Waals surface area contributed by atoms with Gasteiger partial charge in [0.25, 0.3) is 0 Å². The van der Waals surface area contributed by atoms with Gasteiger partial charge in [0.1, 0.15) is 5.41 Å². The van der Waals surface area contributed by atoms with Crippen LogP contribution in [0.5, 0.6) is 0 Å². The van der Waals surface area contributed by atoms with Crippen LogP contribution in [-0.2, 0) is 4.79 Å². The topological polar surface area (TPSA) is 52.9 Å². The molecule has 20 heavy (non-hydrogen) atoms. The first-order valence-corrected chi connectivity index (χ1v) is 8.11. The largest absolute Gasteiger partial charge is 0.354 e. The lowest BCUT2D eigenvalue weighted by molar-refractivity contribution is -0.134. The highest BCUT2D eigenvalue weighted by Gasteiger charge is 2.49. The van der Waals surface area contributed by atoms with Gasteiger partial charge in [0.15, 0.2) is 0 Å². The molecule has 0 aliphatic heterocycles. The number of hydrogen-bond donors (Lipinski definition) is 1. The van der Waals surface area contributed by atoms with Crippen molar-refractivity contribution in [2.75, 3.05) is 6.54 Å². The summed E-state index contributed by atoms with van der Waals surface area (Å²) in [6, 6.07) is 2.26. The first-order valence-electron chi connectivity index (χ1n) is 8.11. The van der Waals surface area contributed by atoms with Gasteiger partial charge in [0.05, 0.1) is 6.07 Å². The second-order valence-electron chi connectivity index (χ2n) is 7.70. The summed E-state index contributed by atoms with van der Waals surface area (Å²) < 4.78 is 0. The summed E-state index contributed by atoms with van der Waals surface area (Å²) in [4.78, 5) is 12.4. The predicted octanol–water partition coefficient (Wildman–Crippen LogP) is 3.65. The second kappa shape index (κ2) is 5.76. The Labute approximate surface area is 123 Å². The number of hydrogen-bond acceptors (Lipinski definition) is 2. The third kappa shape index (κ3) is 3.00. The van der Waals surface area contributed by atoms with Gasteiger partial charge >= 0.3 is 0 Å². The molecule has 0 unspecified atom stereocenters. The van der Waals surface area contributed by atoms with Crippen LogP contribution in [0, 0.1) is 34.0 Å². The minimum atomic E-state index is -0.725. The SMILES string of the molecule is CC(C)CC1(CNC(=O)C2(C#N)CC(C)C2)CCCC1. The van der Waals surface area contributed by atoms with E-state index >= 15 is 0 Å². The molecule has 0 atom stereocenters. The molecule has 0 saturated heterocycles. The first-order chi connectivity index (χ1) is 9.41. The fraction of sp³-hybridized carbons (Fsp3) is 0.882. The van der Waals surface area contributed by atoms with Crippen molar-refractivity contribution in [2.24, 2.45) is 22.7 Å². The van der Waals surface area contributed by atoms with Gasteiger partial charge in [-0.3, -0.25) is 4.79 Å². The maximum atomic E-state index is 12.4. The van der Waals surface area contributed by atoms with E-state index in [-0.39, 0.29) is 11.3 Å². The van der Waals surface area contributed by atoms with Gasteiger partial charge in [-0.15, -0.1) is 0 Å². The third-order valence-electron chi connectivity index (χ3n) is 5.17. The highest BCUT2D eigenvalue weighted by molar-refractivity contribution is 5.86.